The number of hydrogen-bond acceptors (Lipinski definition) is 9. The lowest BCUT2D eigenvalue weighted by Crippen LogP contribution is -2.79. The van der Waals surface area contributed by atoms with Crippen LogP contribution in [0.25, 0.3) is 0 Å². The molecule has 2 saturated carbocycles. The molecule has 38 heavy (non-hydrogen) atoms. The first kappa shape index (κ1) is 24.0. The van der Waals surface area contributed by atoms with E-state index < -0.39 is 80.0 Å². The van der Waals surface area contributed by atoms with Crippen LogP contribution < -0.4 is 0 Å². The highest BCUT2D eigenvalue weighted by molar-refractivity contribution is 6.27. The molecule has 5 heterocycles. The van der Waals surface area contributed by atoms with Gasteiger partial charge in [0.1, 0.15) is 6.10 Å². The molecule has 8 rings (SSSR count). The molecule has 12 atom stereocenters. The highest BCUT2D eigenvalue weighted by Gasteiger charge is 2.93. The third-order valence-corrected chi connectivity index (χ3v) is 13.3. The molecule has 0 amide bonds. The maximum atomic E-state index is 14.9. The zero-order valence-electron chi connectivity index (χ0n) is 21.6. The van der Waals surface area contributed by atoms with Crippen LogP contribution in [-0.2, 0) is 38.1 Å². The Kier molecular flexibility index (Phi) is 4.04. The van der Waals surface area contributed by atoms with Gasteiger partial charge in [-0.2, -0.15) is 0 Å². The van der Waals surface area contributed by atoms with Crippen LogP contribution in [0.1, 0.15) is 59.3 Å². The van der Waals surface area contributed by atoms with Gasteiger partial charge in [0.15, 0.2) is 28.4 Å². The van der Waals surface area contributed by atoms with E-state index in [0.717, 1.165) is 0 Å². The highest BCUT2D eigenvalue weighted by atomic mass is 35.5. The lowest BCUT2D eigenvalue weighted by molar-refractivity contribution is -0.376. The number of ether oxygens (including phenoxy) is 4. The van der Waals surface area contributed by atoms with Crippen molar-refractivity contribution in [2.75, 3.05) is 6.61 Å². The largest absolute Gasteiger partial charge is 0.458 e. The Bertz CT molecular complexity index is 1300. The fourth-order valence-electron chi connectivity index (χ4n) is 10.5. The molecule has 7 fully saturated rings. The first-order valence-electron chi connectivity index (χ1n) is 13.7. The summed E-state index contributed by atoms with van der Waals surface area (Å²) < 4.78 is 25.2. The van der Waals surface area contributed by atoms with Crippen molar-refractivity contribution in [1.82, 2.24) is 0 Å². The van der Waals surface area contributed by atoms with Crippen molar-refractivity contribution in [2.24, 2.45) is 34.5 Å². The van der Waals surface area contributed by atoms with E-state index in [2.05, 4.69) is 0 Å². The lowest BCUT2D eigenvalue weighted by atomic mass is 9.46. The number of allylic oxidation sites excluding steroid dienone is 2. The molecule has 0 aromatic rings. The monoisotopic (exact) mass is 546 g/mol. The van der Waals surface area contributed by atoms with Crippen molar-refractivity contribution in [1.29, 1.82) is 0 Å². The summed E-state index contributed by atoms with van der Waals surface area (Å²) >= 11 is 7.22. The van der Waals surface area contributed by atoms with E-state index in [1.165, 1.54) is 0 Å². The molecule has 5 bridgehead atoms. The summed E-state index contributed by atoms with van der Waals surface area (Å²) in [5.74, 6) is -6.68. The van der Waals surface area contributed by atoms with Crippen molar-refractivity contribution < 1.29 is 43.2 Å². The normalized spacial score (nSPS) is 61.3. The van der Waals surface area contributed by atoms with Gasteiger partial charge in [-0.3, -0.25) is 14.4 Å². The third kappa shape index (κ3) is 2.03. The van der Waals surface area contributed by atoms with Crippen LogP contribution in [0.5, 0.6) is 0 Å². The number of Topliss-reactive ketones (excluding diaryl/α,β-unsaturated/α-hetero) is 1. The Hall–Kier alpha value is -1.81. The number of aliphatic hydroxyl groups is 1. The molecule has 5 saturated heterocycles. The second kappa shape index (κ2) is 6.40. The first-order chi connectivity index (χ1) is 17.8. The van der Waals surface area contributed by atoms with Crippen LogP contribution in [0.4, 0.5) is 0 Å². The van der Waals surface area contributed by atoms with Crippen LogP contribution in [0.2, 0.25) is 0 Å². The SMILES string of the molecule is C[C@@]12C[C@H]3OC(=O)[C@@H]1CO[C@@]14O[C@]5([C@@H]2C1=O)[C@@](O)(CC[C@H]1[C@H]4CC[C@@]2(Cl)CC=CC(=O)[C@]12C)C(=O)O[C@@]35C. The molecular formula is C28H31ClO9. The molecule has 8 aliphatic rings. The Morgan fingerprint density at radius 3 is 2.55 bits per heavy atom. The average Bonchev–Trinajstić information content (AvgIpc) is 3.17. The summed E-state index contributed by atoms with van der Waals surface area (Å²) in [5, 5.41) is 12.4. The van der Waals surface area contributed by atoms with Gasteiger partial charge in [0.25, 0.3) is 0 Å². The smallest absolute Gasteiger partial charge is 0.342 e. The molecule has 3 aliphatic carbocycles. The predicted octanol–water partition coefficient (Wildman–Crippen LogP) is 2.00. The number of ketones is 2. The summed E-state index contributed by atoms with van der Waals surface area (Å²) in [7, 11) is 0. The number of carbonyl (C=O) groups excluding carboxylic acids is 4. The van der Waals surface area contributed by atoms with Gasteiger partial charge in [0, 0.05) is 5.92 Å². The molecule has 204 valence electrons. The average molecular weight is 547 g/mol. The minimum absolute atomic E-state index is 0.0799. The quantitative estimate of drug-likeness (QED) is 0.358. The zero-order chi connectivity index (χ0) is 26.9. The van der Waals surface area contributed by atoms with E-state index in [1.807, 2.05) is 13.8 Å². The van der Waals surface area contributed by atoms with Gasteiger partial charge in [-0.1, -0.05) is 19.9 Å². The molecule has 10 heteroatoms. The van der Waals surface area contributed by atoms with Gasteiger partial charge < -0.3 is 24.1 Å². The summed E-state index contributed by atoms with van der Waals surface area (Å²) in [5.41, 5.74) is -7.66. The molecule has 0 aromatic carbocycles. The number of halogens is 1. The van der Waals surface area contributed by atoms with Crippen LogP contribution in [-0.4, -0.2) is 68.8 Å². The molecule has 2 spiro atoms. The Balaban J connectivity index is 1.42. The summed E-state index contributed by atoms with van der Waals surface area (Å²) in [4.78, 5) is 54.7. The van der Waals surface area contributed by atoms with Crippen molar-refractivity contribution >= 4 is 35.1 Å². The summed E-state index contributed by atoms with van der Waals surface area (Å²) in [6.45, 7) is 5.21. The van der Waals surface area contributed by atoms with Gasteiger partial charge >= 0.3 is 11.9 Å². The fraction of sp³-hybridized carbons (Fsp3) is 0.786. The van der Waals surface area contributed by atoms with Gasteiger partial charge in [-0.15, -0.1) is 11.6 Å². The van der Waals surface area contributed by atoms with Crippen LogP contribution >= 0.6 is 11.6 Å². The van der Waals surface area contributed by atoms with Gasteiger partial charge in [-0.25, -0.2) is 4.79 Å². The van der Waals surface area contributed by atoms with Crippen LogP contribution in [0, 0.1) is 34.5 Å². The molecule has 0 aromatic heterocycles. The van der Waals surface area contributed by atoms with Gasteiger partial charge in [0.05, 0.1) is 28.7 Å². The van der Waals surface area contributed by atoms with Crippen LogP contribution in [0.15, 0.2) is 12.2 Å². The van der Waals surface area contributed by atoms with Gasteiger partial charge in [-0.05, 0) is 62.9 Å². The molecule has 9 nitrogen and oxygen atoms in total. The van der Waals surface area contributed by atoms with Crippen molar-refractivity contribution in [2.45, 2.75) is 92.9 Å². The van der Waals surface area contributed by atoms with Crippen molar-refractivity contribution in [3.8, 4) is 0 Å². The number of rotatable bonds is 0. The topological polar surface area (TPSA) is 125 Å². The summed E-state index contributed by atoms with van der Waals surface area (Å²) in [6, 6.07) is 0. The molecule has 0 radical (unpaired) electrons. The summed E-state index contributed by atoms with van der Waals surface area (Å²) in [6.07, 6.45) is 4.32. The molecule has 1 N–H and O–H groups in total. The second-order valence-corrected chi connectivity index (χ2v) is 14.3. The maximum Gasteiger partial charge on any atom is 0.342 e. The second-order valence-electron chi connectivity index (χ2n) is 13.6. The van der Waals surface area contributed by atoms with E-state index in [9.17, 15) is 24.3 Å². The Labute approximate surface area is 224 Å². The van der Waals surface area contributed by atoms with E-state index in [0.29, 0.717) is 19.3 Å². The highest BCUT2D eigenvalue weighted by Crippen LogP contribution is 2.75. The maximum absolute atomic E-state index is 14.9. The van der Waals surface area contributed by atoms with Gasteiger partial charge in [0.2, 0.25) is 5.79 Å². The number of alkyl halides is 1. The molecule has 0 unspecified atom stereocenters. The fourth-order valence-corrected chi connectivity index (χ4v) is 10.9. The van der Waals surface area contributed by atoms with E-state index in [4.69, 9.17) is 30.5 Å². The van der Waals surface area contributed by atoms with E-state index in [1.54, 1.807) is 19.1 Å². The van der Waals surface area contributed by atoms with Crippen molar-refractivity contribution in [3.05, 3.63) is 12.2 Å². The van der Waals surface area contributed by atoms with E-state index >= 15 is 0 Å². The Morgan fingerprint density at radius 1 is 1.05 bits per heavy atom. The Morgan fingerprint density at radius 2 is 1.79 bits per heavy atom. The first-order valence-corrected chi connectivity index (χ1v) is 14.1. The lowest BCUT2D eigenvalue weighted by Gasteiger charge is -2.63. The number of hydrogen-bond donors (Lipinski definition) is 1. The predicted molar refractivity (Wildman–Crippen MR) is 127 cm³/mol. The minimum atomic E-state index is -2.21. The number of fused-ring (bicyclic) bond motifs is 5. The molecule has 5 aliphatic heterocycles. The van der Waals surface area contributed by atoms with Crippen LogP contribution in [0.3, 0.4) is 0 Å². The number of carbonyl (C=O) groups is 4. The standard InChI is InChI=1S/C28H31ClO9/c1-22-11-17-24(3)28-18(22)19(31)27(38-28,35-12-15(22)20(32)36-17)14-6-9-25(29)8-4-5-16(30)23(25,2)13(14)7-10-26(28,34)21(33)37-24/h4-5,13-15,17-18,34H,6-12H2,1-3H3/t13-,14+,15-,17+,18+,22+,23-,24-,25-,26+,27-,28-/m0/s1. The number of esters is 2. The zero-order valence-corrected chi connectivity index (χ0v) is 22.3. The van der Waals surface area contributed by atoms with Crippen molar-refractivity contribution in [3.63, 3.8) is 0 Å². The van der Waals surface area contributed by atoms with E-state index in [-0.39, 0.29) is 37.4 Å². The minimum Gasteiger partial charge on any atom is -0.458 e. The molecular weight excluding hydrogens is 516 g/mol. The third-order valence-electron chi connectivity index (χ3n) is 12.6.